The van der Waals surface area contributed by atoms with E-state index in [4.69, 9.17) is 4.74 Å². The van der Waals surface area contributed by atoms with Gasteiger partial charge in [-0.25, -0.2) is 0 Å². The van der Waals surface area contributed by atoms with Crippen molar-refractivity contribution in [2.45, 2.75) is 24.9 Å². The van der Waals surface area contributed by atoms with Gasteiger partial charge in [-0.05, 0) is 31.5 Å². The molecule has 1 atom stereocenters. The Balaban J connectivity index is 2.18. The molecule has 0 radical (unpaired) electrons. The summed E-state index contributed by atoms with van der Waals surface area (Å²) in [6.07, 6.45) is 3.23. The van der Waals surface area contributed by atoms with E-state index in [0.29, 0.717) is 13.0 Å². The van der Waals surface area contributed by atoms with Crippen LogP contribution < -0.4 is 0 Å². The summed E-state index contributed by atoms with van der Waals surface area (Å²) in [4.78, 5) is 17.8. The largest absolute Gasteiger partial charge is 0.480 e. The Labute approximate surface area is 106 Å². The molecule has 1 aliphatic heterocycles. The van der Waals surface area contributed by atoms with Crippen molar-refractivity contribution in [1.29, 1.82) is 0 Å². The van der Waals surface area contributed by atoms with Crippen molar-refractivity contribution >= 4 is 5.97 Å². The maximum absolute atomic E-state index is 11.6. The third kappa shape index (κ3) is 2.37. The number of likely N-dealkylation sites (tertiary alicyclic amines) is 1. The second-order valence-corrected chi connectivity index (χ2v) is 4.62. The molecule has 2 rings (SSSR count). The van der Waals surface area contributed by atoms with Crippen LogP contribution in [-0.4, -0.2) is 46.8 Å². The van der Waals surface area contributed by atoms with Gasteiger partial charge in [0.15, 0.2) is 0 Å². The van der Waals surface area contributed by atoms with Gasteiger partial charge in [0.1, 0.15) is 5.54 Å². The minimum atomic E-state index is -0.897. The number of methoxy groups -OCH3 is 1. The highest BCUT2D eigenvalue weighted by atomic mass is 16.5. The molecule has 1 aromatic heterocycles. The Morgan fingerprint density at radius 2 is 2.44 bits per heavy atom. The molecule has 1 aliphatic rings. The van der Waals surface area contributed by atoms with Crippen molar-refractivity contribution in [3.05, 3.63) is 30.1 Å². The monoisotopic (exact) mass is 250 g/mol. The quantitative estimate of drug-likeness (QED) is 0.849. The average molecular weight is 250 g/mol. The number of pyridine rings is 1. The van der Waals surface area contributed by atoms with E-state index in [1.807, 2.05) is 23.1 Å². The van der Waals surface area contributed by atoms with Gasteiger partial charge in [-0.1, -0.05) is 6.07 Å². The smallest absolute Gasteiger partial charge is 0.326 e. The van der Waals surface area contributed by atoms with Crippen molar-refractivity contribution in [1.82, 2.24) is 9.88 Å². The van der Waals surface area contributed by atoms with E-state index in [-0.39, 0.29) is 6.61 Å². The number of hydrogen-bond acceptors (Lipinski definition) is 4. The molecule has 98 valence electrons. The normalized spacial score (nSPS) is 24.3. The first kappa shape index (κ1) is 13.0. The maximum Gasteiger partial charge on any atom is 0.326 e. The van der Waals surface area contributed by atoms with Crippen molar-refractivity contribution in [2.75, 3.05) is 20.3 Å². The second kappa shape index (κ2) is 5.46. The molecule has 1 aromatic rings. The fourth-order valence-corrected chi connectivity index (χ4v) is 2.56. The second-order valence-electron chi connectivity index (χ2n) is 4.62. The fourth-order valence-electron chi connectivity index (χ4n) is 2.56. The Bertz CT molecular complexity index is 410. The standard InChI is InChI=1S/C13H18N2O3/c1-18-10-13(12(16)17)6-4-8-15(13)9-11-5-2-3-7-14-11/h2-3,5,7H,4,6,8-10H2,1H3,(H,16,17). The lowest BCUT2D eigenvalue weighted by molar-refractivity contribution is -0.153. The molecule has 1 unspecified atom stereocenters. The topological polar surface area (TPSA) is 62.7 Å². The van der Waals surface area contributed by atoms with Gasteiger partial charge in [-0.3, -0.25) is 14.7 Å². The summed E-state index contributed by atoms with van der Waals surface area (Å²) in [5.41, 5.74) is -0.00662. The van der Waals surface area contributed by atoms with Crippen molar-refractivity contribution in [3.63, 3.8) is 0 Å². The molecule has 5 heteroatoms. The first-order valence-corrected chi connectivity index (χ1v) is 6.06. The number of rotatable bonds is 5. The van der Waals surface area contributed by atoms with E-state index in [1.54, 1.807) is 13.3 Å². The van der Waals surface area contributed by atoms with Crippen molar-refractivity contribution in [3.8, 4) is 0 Å². The van der Waals surface area contributed by atoms with Crippen LogP contribution in [-0.2, 0) is 16.1 Å². The number of hydrogen-bond donors (Lipinski definition) is 1. The van der Waals surface area contributed by atoms with Gasteiger partial charge < -0.3 is 9.84 Å². The highest BCUT2D eigenvalue weighted by Gasteiger charge is 2.47. The van der Waals surface area contributed by atoms with Crippen LogP contribution in [0.25, 0.3) is 0 Å². The molecular weight excluding hydrogens is 232 g/mol. The van der Waals surface area contributed by atoms with Crippen LogP contribution in [0.4, 0.5) is 0 Å². The molecule has 0 saturated carbocycles. The van der Waals surface area contributed by atoms with Gasteiger partial charge in [0, 0.05) is 19.9 Å². The van der Waals surface area contributed by atoms with E-state index >= 15 is 0 Å². The minimum absolute atomic E-state index is 0.217. The number of carboxylic acids is 1. The van der Waals surface area contributed by atoms with Gasteiger partial charge >= 0.3 is 5.97 Å². The Hall–Kier alpha value is -1.46. The van der Waals surface area contributed by atoms with Crippen LogP contribution in [0.1, 0.15) is 18.5 Å². The Kier molecular flexibility index (Phi) is 3.93. The average Bonchev–Trinajstić information content (AvgIpc) is 2.75. The predicted octanol–water partition coefficient (Wildman–Crippen LogP) is 1.15. The summed E-state index contributed by atoms with van der Waals surface area (Å²) in [5, 5.41) is 9.50. The molecule has 0 amide bonds. The summed E-state index contributed by atoms with van der Waals surface area (Å²) in [7, 11) is 1.54. The lowest BCUT2D eigenvalue weighted by atomic mass is 9.97. The number of nitrogens with zero attached hydrogens (tertiary/aromatic N) is 2. The number of aliphatic carboxylic acids is 1. The van der Waals surface area contributed by atoms with Gasteiger partial charge in [0.2, 0.25) is 0 Å². The Morgan fingerprint density at radius 3 is 3.06 bits per heavy atom. The third-order valence-corrected chi connectivity index (χ3v) is 3.48. The lowest BCUT2D eigenvalue weighted by Gasteiger charge is -2.33. The predicted molar refractivity (Wildman–Crippen MR) is 66.1 cm³/mol. The zero-order chi connectivity index (χ0) is 13.0. The molecule has 18 heavy (non-hydrogen) atoms. The number of aromatic nitrogens is 1. The van der Waals surface area contributed by atoms with Gasteiger partial charge in [-0.15, -0.1) is 0 Å². The number of ether oxygens (including phenoxy) is 1. The molecular formula is C13H18N2O3. The first-order valence-electron chi connectivity index (χ1n) is 6.06. The van der Waals surface area contributed by atoms with E-state index in [9.17, 15) is 9.90 Å². The van der Waals surface area contributed by atoms with E-state index in [0.717, 1.165) is 18.7 Å². The SMILES string of the molecule is COCC1(C(=O)O)CCCN1Cc1ccccn1. The van der Waals surface area contributed by atoms with E-state index in [1.165, 1.54) is 0 Å². The molecule has 1 N–H and O–H groups in total. The molecule has 2 heterocycles. The van der Waals surface area contributed by atoms with Gasteiger partial charge in [-0.2, -0.15) is 0 Å². The highest BCUT2D eigenvalue weighted by molar-refractivity contribution is 5.79. The molecule has 5 nitrogen and oxygen atoms in total. The minimum Gasteiger partial charge on any atom is -0.480 e. The zero-order valence-electron chi connectivity index (χ0n) is 10.5. The Morgan fingerprint density at radius 1 is 1.61 bits per heavy atom. The fraction of sp³-hybridized carbons (Fsp3) is 0.538. The van der Waals surface area contributed by atoms with Gasteiger partial charge in [0.05, 0.1) is 12.3 Å². The molecule has 0 spiro atoms. The van der Waals surface area contributed by atoms with Crippen molar-refractivity contribution < 1.29 is 14.6 Å². The molecule has 0 aliphatic carbocycles. The first-order chi connectivity index (χ1) is 8.69. The summed E-state index contributed by atoms with van der Waals surface area (Å²) in [5.74, 6) is -0.808. The number of carbonyl (C=O) groups is 1. The van der Waals surface area contributed by atoms with Crippen LogP contribution in [0.15, 0.2) is 24.4 Å². The molecule has 0 aromatic carbocycles. The summed E-state index contributed by atoms with van der Waals surface area (Å²) in [6.45, 7) is 1.54. The molecule has 0 bridgehead atoms. The lowest BCUT2D eigenvalue weighted by Crippen LogP contribution is -2.53. The van der Waals surface area contributed by atoms with Gasteiger partial charge in [0.25, 0.3) is 0 Å². The van der Waals surface area contributed by atoms with E-state index in [2.05, 4.69) is 4.98 Å². The van der Waals surface area contributed by atoms with Crippen LogP contribution in [0.2, 0.25) is 0 Å². The molecule has 1 fully saturated rings. The zero-order valence-corrected chi connectivity index (χ0v) is 10.5. The van der Waals surface area contributed by atoms with Crippen LogP contribution >= 0.6 is 0 Å². The van der Waals surface area contributed by atoms with E-state index < -0.39 is 11.5 Å². The number of carboxylic acid groups (broad SMARTS) is 1. The summed E-state index contributed by atoms with van der Waals surface area (Å²) < 4.78 is 5.12. The summed E-state index contributed by atoms with van der Waals surface area (Å²) in [6, 6.07) is 5.68. The van der Waals surface area contributed by atoms with Crippen LogP contribution in [0.3, 0.4) is 0 Å². The van der Waals surface area contributed by atoms with Crippen molar-refractivity contribution in [2.24, 2.45) is 0 Å². The maximum atomic E-state index is 11.6. The third-order valence-electron chi connectivity index (χ3n) is 3.48. The highest BCUT2D eigenvalue weighted by Crippen LogP contribution is 2.31. The molecule has 1 saturated heterocycles. The van der Waals surface area contributed by atoms with Crippen LogP contribution in [0, 0.1) is 0 Å². The summed E-state index contributed by atoms with van der Waals surface area (Å²) >= 11 is 0. The van der Waals surface area contributed by atoms with Crippen LogP contribution in [0.5, 0.6) is 0 Å².